The zero-order chi connectivity index (χ0) is 26.6. The van der Waals surface area contributed by atoms with Gasteiger partial charge in [0.1, 0.15) is 16.9 Å². The van der Waals surface area contributed by atoms with Crippen molar-refractivity contribution < 1.29 is 29.3 Å². The number of esters is 1. The summed E-state index contributed by atoms with van der Waals surface area (Å²) in [7, 11) is 0. The molecule has 2 saturated heterocycles. The summed E-state index contributed by atoms with van der Waals surface area (Å²) in [5.74, 6) is -1.54. The number of fused-ring (bicyclic) bond motifs is 1. The maximum atomic E-state index is 13.2. The maximum Gasteiger partial charge on any atom is 0.309 e. The van der Waals surface area contributed by atoms with Crippen molar-refractivity contribution in [2.45, 2.75) is 97.2 Å². The van der Waals surface area contributed by atoms with E-state index in [0.29, 0.717) is 6.42 Å². The van der Waals surface area contributed by atoms with Crippen LogP contribution in [0.25, 0.3) is 12.2 Å². The quantitative estimate of drug-likeness (QED) is 0.269. The molecule has 0 unspecified atom stereocenters. The molecule has 36 heavy (non-hydrogen) atoms. The van der Waals surface area contributed by atoms with E-state index in [2.05, 4.69) is 27.6 Å². The van der Waals surface area contributed by atoms with Crippen LogP contribution in [0.3, 0.4) is 0 Å². The van der Waals surface area contributed by atoms with E-state index in [1.165, 1.54) is 11.3 Å². The smallest absolute Gasteiger partial charge is 0.309 e. The van der Waals surface area contributed by atoms with Crippen molar-refractivity contribution >= 4 is 57.8 Å². The minimum atomic E-state index is -1.23. The fourth-order valence-electron chi connectivity index (χ4n) is 4.83. The third kappa shape index (κ3) is 7.46. The molecular formula is C27H38INO6S. The van der Waals surface area contributed by atoms with E-state index >= 15 is 0 Å². The van der Waals surface area contributed by atoms with E-state index in [9.17, 15) is 19.8 Å². The van der Waals surface area contributed by atoms with Crippen LogP contribution >= 0.6 is 33.9 Å². The van der Waals surface area contributed by atoms with Crippen LogP contribution in [0.2, 0.25) is 0 Å². The predicted octanol–water partition coefficient (Wildman–Crippen LogP) is 5.18. The minimum absolute atomic E-state index is 0.00546. The van der Waals surface area contributed by atoms with Crippen molar-refractivity contribution in [3.63, 3.8) is 0 Å². The Labute approximate surface area is 231 Å². The molecule has 2 N–H and O–H groups in total. The molecule has 0 saturated carbocycles. The number of rotatable bonds is 3. The Kier molecular flexibility index (Phi) is 10.3. The molecule has 0 aromatic carbocycles. The predicted molar refractivity (Wildman–Crippen MR) is 150 cm³/mol. The van der Waals surface area contributed by atoms with Gasteiger partial charge < -0.3 is 19.7 Å². The van der Waals surface area contributed by atoms with Gasteiger partial charge in [0.15, 0.2) is 0 Å². The Morgan fingerprint density at radius 1 is 1.22 bits per heavy atom. The summed E-state index contributed by atoms with van der Waals surface area (Å²) in [4.78, 5) is 30.7. The van der Waals surface area contributed by atoms with E-state index in [-0.39, 0.29) is 30.3 Å². The van der Waals surface area contributed by atoms with Crippen molar-refractivity contribution in [2.24, 2.45) is 17.3 Å². The van der Waals surface area contributed by atoms with E-state index in [0.717, 1.165) is 35.5 Å². The zero-order valence-electron chi connectivity index (χ0n) is 21.6. The molecule has 0 bridgehead atoms. The summed E-state index contributed by atoms with van der Waals surface area (Å²) in [5.41, 5.74) is 0.445. The topological polar surface area (TPSA) is 109 Å². The normalized spacial score (nSPS) is 34.9. The number of carbonyl (C=O) groups is 2. The number of ketones is 1. The van der Waals surface area contributed by atoms with Gasteiger partial charge in [0, 0.05) is 17.7 Å². The molecule has 1 aromatic rings. The molecule has 200 valence electrons. The molecule has 2 aliphatic rings. The van der Waals surface area contributed by atoms with Crippen molar-refractivity contribution in [3.05, 3.63) is 25.7 Å². The lowest BCUT2D eigenvalue weighted by Crippen LogP contribution is -2.45. The highest BCUT2D eigenvalue weighted by atomic mass is 127. The molecule has 0 amide bonds. The lowest BCUT2D eigenvalue weighted by Gasteiger charge is -2.34. The van der Waals surface area contributed by atoms with Gasteiger partial charge >= 0.3 is 5.97 Å². The minimum Gasteiger partial charge on any atom is -0.458 e. The molecular weight excluding hydrogens is 593 g/mol. The highest BCUT2D eigenvalue weighted by Crippen LogP contribution is 2.36. The first kappa shape index (κ1) is 29.4. The second-order valence-corrected chi connectivity index (χ2v) is 12.3. The molecule has 3 rings (SSSR count). The van der Waals surface area contributed by atoms with E-state index in [1.807, 2.05) is 35.5 Å². The van der Waals surface area contributed by atoms with Gasteiger partial charge in [0.25, 0.3) is 0 Å². The van der Waals surface area contributed by atoms with Crippen molar-refractivity contribution in [3.8, 4) is 0 Å². The number of thiazole rings is 1. The van der Waals surface area contributed by atoms with Gasteiger partial charge in [-0.1, -0.05) is 56.7 Å². The fourth-order valence-corrected chi connectivity index (χ4v) is 6.08. The molecule has 2 fully saturated rings. The zero-order valence-corrected chi connectivity index (χ0v) is 24.6. The first-order valence-corrected chi connectivity index (χ1v) is 14.7. The van der Waals surface area contributed by atoms with Gasteiger partial charge in [-0.3, -0.25) is 9.59 Å². The van der Waals surface area contributed by atoms with E-state index in [1.54, 1.807) is 20.8 Å². The Balaban J connectivity index is 1.82. The van der Waals surface area contributed by atoms with E-state index in [4.69, 9.17) is 9.47 Å². The number of ether oxygens (including phenoxy) is 2. The number of carbonyl (C=O) groups excluding carboxylic acids is 2. The average molecular weight is 632 g/mol. The van der Waals surface area contributed by atoms with Crippen LogP contribution < -0.4 is 0 Å². The molecule has 3 heterocycles. The molecule has 7 atom stereocenters. The van der Waals surface area contributed by atoms with Gasteiger partial charge in [-0.05, 0) is 47.5 Å². The number of Topliss-reactive ketones (excluding diaryl/α,β-unsaturated/α-hetero) is 1. The molecule has 2 aliphatic heterocycles. The van der Waals surface area contributed by atoms with Crippen molar-refractivity contribution in [1.29, 1.82) is 0 Å². The van der Waals surface area contributed by atoms with Crippen molar-refractivity contribution in [2.75, 3.05) is 0 Å². The number of hydrogen-bond donors (Lipinski definition) is 2. The highest BCUT2D eigenvalue weighted by molar-refractivity contribution is 14.1. The van der Waals surface area contributed by atoms with Crippen LogP contribution in [-0.4, -0.2) is 57.5 Å². The molecule has 7 nitrogen and oxygen atoms in total. The Morgan fingerprint density at radius 3 is 2.64 bits per heavy atom. The van der Waals surface area contributed by atoms with Crippen LogP contribution in [0.15, 0.2) is 15.0 Å². The van der Waals surface area contributed by atoms with Crippen LogP contribution in [0.5, 0.6) is 0 Å². The molecule has 1 aromatic heterocycles. The highest BCUT2D eigenvalue weighted by Gasteiger charge is 2.44. The Morgan fingerprint density at radius 2 is 1.94 bits per heavy atom. The summed E-state index contributed by atoms with van der Waals surface area (Å²) in [6.07, 6.45) is 4.11. The molecule has 0 spiro atoms. The third-order valence-corrected chi connectivity index (χ3v) is 8.71. The summed E-state index contributed by atoms with van der Waals surface area (Å²) in [6.45, 7) is 8.81. The number of nitrogens with zero attached hydrogens (tertiary/aromatic N) is 1. The van der Waals surface area contributed by atoms with Gasteiger partial charge in [0.05, 0.1) is 41.9 Å². The number of halogens is 1. The number of aliphatic hydroxyl groups is 2. The number of epoxide rings is 1. The maximum absolute atomic E-state index is 13.2. The van der Waals surface area contributed by atoms with Gasteiger partial charge in [-0.25, -0.2) is 4.98 Å². The number of hydrogen-bond acceptors (Lipinski definition) is 8. The summed E-state index contributed by atoms with van der Waals surface area (Å²) in [5, 5.41) is 24.5. The van der Waals surface area contributed by atoms with Crippen molar-refractivity contribution in [1.82, 2.24) is 4.98 Å². The van der Waals surface area contributed by atoms with Crippen LogP contribution in [0.4, 0.5) is 0 Å². The lowest BCUT2D eigenvalue weighted by molar-refractivity contribution is -0.154. The SMILES string of the molecule is CC(=Cc1csc(C=CI)n1)[C@H]1C[C@@H]2O[C@H]2CCC[C@@H](C)[C@@H](O)[C@H](C)C(=O)C(C)(C)[C@H](O)CC(=O)O1. The standard InChI is InChI=1S/C27H38INO6S/c1-15-7-6-8-19-21(34-19)12-20(16(2)11-18-14-36-23(29-18)9-10-28)35-24(31)13-22(30)27(4,5)26(33)17(3)25(15)32/h9-11,14-15,17,19-22,25,30,32H,6-8,12-13H2,1-5H3/t15-,17+,19+,20-,21+,22-,25-/m1/s1. The second kappa shape index (κ2) is 12.6. The molecule has 0 radical (unpaired) electrons. The van der Waals surface area contributed by atoms with Crippen LogP contribution in [0.1, 0.15) is 77.4 Å². The third-order valence-electron chi connectivity index (χ3n) is 7.52. The Hall–Kier alpha value is -1.14. The number of aromatic nitrogens is 1. The molecule has 9 heteroatoms. The second-order valence-electron chi connectivity index (χ2n) is 10.7. The average Bonchev–Trinajstić information content (AvgIpc) is 3.41. The lowest BCUT2D eigenvalue weighted by atomic mass is 9.73. The first-order chi connectivity index (χ1) is 16.9. The monoisotopic (exact) mass is 631 g/mol. The largest absolute Gasteiger partial charge is 0.458 e. The first-order valence-electron chi connectivity index (χ1n) is 12.6. The summed E-state index contributed by atoms with van der Waals surface area (Å²) < 4.78 is 13.7. The number of cyclic esters (lactones) is 1. The van der Waals surface area contributed by atoms with Gasteiger partial charge in [-0.2, -0.15) is 0 Å². The van der Waals surface area contributed by atoms with Crippen LogP contribution in [-0.2, 0) is 19.1 Å². The summed E-state index contributed by atoms with van der Waals surface area (Å²) in [6, 6.07) is 0. The fraction of sp³-hybridized carbons (Fsp3) is 0.667. The van der Waals surface area contributed by atoms with Gasteiger partial charge in [-0.15, -0.1) is 11.3 Å². The van der Waals surface area contributed by atoms with E-state index < -0.39 is 35.6 Å². The number of aliphatic hydroxyl groups excluding tert-OH is 2. The Bertz CT molecular complexity index is 989. The molecule has 0 aliphatic carbocycles. The summed E-state index contributed by atoms with van der Waals surface area (Å²) >= 11 is 3.69. The van der Waals surface area contributed by atoms with Crippen LogP contribution in [0, 0.1) is 17.3 Å². The van der Waals surface area contributed by atoms with Gasteiger partial charge in [0.2, 0.25) is 0 Å².